The lowest BCUT2D eigenvalue weighted by atomic mass is 9.99. The summed E-state index contributed by atoms with van der Waals surface area (Å²) in [6.07, 6.45) is 2.41. The van der Waals surface area contributed by atoms with E-state index in [1.54, 1.807) is 0 Å². The fourth-order valence-corrected chi connectivity index (χ4v) is 2.12. The zero-order chi connectivity index (χ0) is 9.80. The van der Waals surface area contributed by atoms with Gasteiger partial charge in [0, 0.05) is 11.5 Å². The van der Waals surface area contributed by atoms with Gasteiger partial charge in [0.25, 0.3) is 5.19 Å². The van der Waals surface area contributed by atoms with Crippen LogP contribution in [0.2, 0.25) is 0 Å². The van der Waals surface area contributed by atoms with Crippen molar-refractivity contribution in [1.82, 2.24) is 14.7 Å². The molecule has 0 aliphatic carbocycles. The number of aromatic nitrogens is 2. The minimum atomic E-state index is 0.681. The monoisotopic (exact) mass is 213 g/mol. The zero-order valence-corrected chi connectivity index (χ0v) is 9.14. The van der Waals surface area contributed by atoms with Gasteiger partial charge in [-0.25, -0.2) is 0 Å². The summed E-state index contributed by atoms with van der Waals surface area (Å²) in [5.74, 6) is 1.48. The number of piperidine rings is 1. The molecule has 1 aromatic heterocycles. The first kappa shape index (κ1) is 9.86. The Morgan fingerprint density at radius 3 is 2.93 bits per heavy atom. The van der Waals surface area contributed by atoms with Gasteiger partial charge in [0.05, 0.1) is 6.61 Å². The second-order valence-corrected chi connectivity index (χ2v) is 4.33. The SMILES string of the molecule is Cc1nsc(OCC2CCNCC2)n1. The molecule has 0 radical (unpaired) electrons. The predicted molar refractivity (Wildman–Crippen MR) is 55.7 cm³/mol. The number of aryl methyl sites for hydroxylation is 1. The molecule has 5 heteroatoms. The van der Waals surface area contributed by atoms with E-state index in [0.29, 0.717) is 11.1 Å². The number of nitrogens with zero attached hydrogens (tertiary/aromatic N) is 2. The average molecular weight is 213 g/mol. The van der Waals surface area contributed by atoms with Gasteiger partial charge in [0.15, 0.2) is 0 Å². The maximum Gasteiger partial charge on any atom is 0.293 e. The first-order valence-electron chi connectivity index (χ1n) is 4.98. The Morgan fingerprint density at radius 1 is 1.50 bits per heavy atom. The Morgan fingerprint density at radius 2 is 2.29 bits per heavy atom. The Balaban J connectivity index is 1.76. The van der Waals surface area contributed by atoms with Crippen LogP contribution in [-0.4, -0.2) is 29.1 Å². The molecule has 1 aliphatic rings. The van der Waals surface area contributed by atoms with E-state index in [-0.39, 0.29) is 0 Å². The maximum atomic E-state index is 5.58. The third-order valence-electron chi connectivity index (χ3n) is 2.41. The third kappa shape index (κ3) is 2.65. The number of ether oxygens (including phenoxy) is 1. The molecule has 1 aromatic rings. The van der Waals surface area contributed by atoms with Gasteiger partial charge in [-0.05, 0) is 38.8 Å². The minimum absolute atomic E-state index is 0.681. The molecule has 0 spiro atoms. The van der Waals surface area contributed by atoms with Gasteiger partial charge in [0.1, 0.15) is 5.82 Å². The van der Waals surface area contributed by atoms with Gasteiger partial charge in [0.2, 0.25) is 0 Å². The van der Waals surface area contributed by atoms with Crippen molar-refractivity contribution in [2.24, 2.45) is 5.92 Å². The van der Waals surface area contributed by atoms with Crippen molar-refractivity contribution < 1.29 is 4.74 Å². The normalized spacial score (nSPS) is 18.4. The van der Waals surface area contributed by atoms with E-state index in [1.165, 1.54) is 24.4 Å². The number of rotatable bonds is 3. The lowest BCUT2D eigenvalue weighted by Gasteiger charge is -2.21. The summed E-state index contributed by atoms with van der Waals surface area (Å²) in [5, 5.41) is 4.05. The summed E-state index contributed by atoms with van der Waals surface area (Å²) in [4.78, 5) is 4.16. The van der Waals surface area contributed by atoms with Crippen LogP contribution in [0.15, 0.2) is 0 Å². The van der Waals surface area contributed by atoms with Crippen LogP contribution in [0, 0.1) is 12.8 Å². The van der Waals surface area contributed by atoms with Gasteiger partial charge >= 0.3 is 0 Å². The summed E-state index contributed by atoms with van der Waals surface area (Å²) in [7, 11) is 0. The van der Waals surface area contributed by atoms with Gasteiger partial charge in [-0.3, -0.25) is 0 Å². The third-order valence-corrected chi connectivity index (χ3v) is 3.13. The quantitative estimate of drug-likeness (QED) is 0.820. The standard InChI is InChI=1S/C9H15N3OS/c1-7-11-9(14-12-7)13-6-8-2-4-10-5-3-8/h8,10H,2-6H2,1H3. The van der Waals surface area contributed by atoms with E-state index in [9.17, 15) is 0 Å². The Kier molecular flexibility index (Phi) is 3.31. The highest BCUT2D eigenvalue weighted by molar-refractivity contribution is 7.07. The topological polar surface area (TPSA) is 47.0 Å². The van der Waals surface area contributed by atoms with Crippen LogP contribution in [0.5, 0.6) is 5.19 Å². The molecule has 1 N–H and O–H groups in total. The van der Waals surface area contributed by atoms with Crippen LogP contribution in [0.3, 0.4) is 0 Å². The van der Waals surface area contributed by atoms with E-state index >= 15 is 0 Å². The van der Waals surface area contributed by atoms with Crippen molar-refractivity contribution in [2.45, 2.75) is 19.8 Å². The summed E-state index contributed by atoms with van der Waals surface area (Å²) < 4.78 is 9.66. The molecule has 0 amide bonds. The van der Waals surface area contributed by atoms with Crippen molar-refractivity contribution in [3.8, 4) is 5.19 Å². The highest BCUT2D eigenvalue weighted by Gasteiger charge is 2.14. The molecular formula is C9H15N3OS. The molecule has 78 valence electrons. The number of hydrogen-bond donors (Lipinski definition) is 1. The van der Waals surface area contributed by atoms with Crippen molar-refractivity contribution in [3.63, 3.8) is 0 Å². The lowest BCUT2D eigenvalue weighted by Crippen LogP contribution is -2.30. The van der Waals surface area contributed by atoms with Gasteiger partial charge < -0.3 is 10.1 Å². The van der Waals surface area contributed by atoms with Crippen molar-refractivity contribution in [1.29, 1.82) is 0 Å². The van der Waals surface area contributed by atoms with Crippen LogP contribution in [0.1, 0.15) is 18.7 Å². The molecule has 2 heterocycles. The largest absolute Gasteiger partial charge is 0.469 e. The lowest BCUT2D eigenvalue weighted by molar-refractivity contribution is 0.214. The van der Waals surface area contributed by atoms with Gasteiger partial charge in [-0.15, -0.1) is 0 Å². The van der Waals surface area contributed by atoms with Crippen molar-refractivity contribution in [3.05, 3.63) is 5.82 Å². The summed E-state index contributed by atoms with van der Waals surface area (Å²) in [6, 6.07) is 0. The summed E-state index contributed by atoms with van der Waals surface area (Å²) >= 11 is 1.34. The molecule has 4 nitrogen and oxygen atoms in total. The van der Waals surface area contributed by atoms with Crippen molar-refractivity contribution >= 4 is 11.5 Å². The van der Waals surface area contributed by atoms with E-state index in [2.05, 4.69) is 14.7 Å². The zero-order valence-electron chi connectivity index (χ0n) is 8.32. The molecule has 0 unspecified atom stereocenters. The van der Waals surface area contributed by atoms with E-state index in [4.69, 9.17) is 4.74 Å². The molecule has 0 aromatic carbocycles. The first-order chi connectivity index (χ1) is 6.84. The smallest absolute Gasteiger partial charge is 0.293 e. The highest BCUT2D eigenvalue weighted by atomic mass is 32.1. The average Bonchev–Trinajstić information content (AvgIpc) is 2.63. The second-order valence-electron chi connectivity index (χ2n) is 3.61. The molecule has 2 rings (SSSR count). The molecular weight excluding hydrogens is 198 g/mol. The first-order valence-corrected chi connectivity index (χ1v) is 5.76. The Hall–Kier alpha value is -0.680. The molecule has 0 saturated carbocycles. The number of nitrogens with one attached hydrogen (secondary N) is 1. The minimum Gasteiger partial charge on any atom is -0.469 e. The highest BCUT2D eigenvalue weighted by Crippen LogP contribution is 2.17. The molecule has 1 fully saturated rings. The molecule has 0 atom stereocenters. The van der Waals surface area contributed by atoms with Gasteiger partial charge in [-0.2, -0.15) is 9.36 Å². The van der Waals surface area contributed by atoms with E-state index in [0.717, 1.165) is 25.5 Å². The Labute approximate surface area is 87.9 Å². The molecule has 14 heavy (non-hydrogen) atoms. The molecule has 1 aliphatic heterocycles. The van der Waals surface area contributed by atoms with E-state index in [1.807, 2.05) is 6.92 Å². The summed E-state index contributed by atoms with van der Waals surface area (Å²) in [5.41, 5.74) is 0. The molecule has 1 saturated heterocycles. The van der Waals surface area contributed by atoms with E-state index < -0.39 is 0 Å². The van der Waals surface area contributed by atoms with Crippen molar-refractivity contribution in [2.75, 3.05) is 19.7 Å². The fourth-order valence-electron chi connectivity index (χ4n) is 1.57. The van der Waals surface area contributed by atoms with Gasteiger partial charge in [-0.1, -0.05) is 0 Å². The van der Waals surface area contributed by atoms with Crippen LogP contribution in [0.4, 0.5) is 0 Å². The maximum absolute atomic E-state index is 5.58. The van der Waals surface area contributed by atoms with Crippen LogP contribution in [0.25, 0.3) is 0 Å². The second kappa shape index (κ2) is 4.70. The number of hydrogen-bond acceptors (Lipinski definition) is 5. The van der Waals surface area contributed by atoms with Crippen LogP contribution >= 0.6 is 11.5 Å². The fraction of sp³-hybridized carbons (Fsp3) is 0.778. The summed E-state index contributed by atoms with van der Waals surface area (Å²) in [6.45, 7) is 4.90. The van der Waals surface area contributed by atoms with Crippen LogP contribution < -0.4 is 10.1 Å². The molecule has 0 bridgehead atoms. The predicted octanol–water partition coefficient (Wildman–Crippen LogP) is 1.22. The van der Waals surface area contributed by atoms with Crippen LogP contribution in [-0.2, 0) is 0 Å². The Bertz CT molecular complexity index is 283.